The van der Waals surface area contributed by atoms with Crippen molar-refractivity contribution in [2.45, 2.75) is 90.6 Å². The van der Waals surface area contributed by atoms with Crippen LogP contribution in [-0.4, -0.2) is 43.2 Å². The first kappa shape index (κ1) is 23.3. The number of piperidine rings is 1. The summed E-state index contributed by atoms with van der Waals surface area (Å²) in [6, 6.07) is 5.12. The molecule has 0 spiro atoms. The van der Waals surface area contributed by atoms with E-state index in [2.05, 4.69) is 59.2 Å². The normalized spacial score (nSPS) is 20.3. The number of nitrogens with zero attached hydrogens (tertiary/aromatic N) is 6. The molecule has 7 heteroatoms. The van der Waals surface area contributed by atoms with Crippen molar-refractivity contribution in [1.29, 1.82) is 5.26 Å². The molecular weight excluding hydrogens is 412 g/mol. The zero-order valence-electron chi connectivity index (χ0n) is 20.4. The van der Waals surface area contributed by atoms with E-state index in [1.807, 2.05) is 4.90 Å². The fourth-order valence-electron chi connectivity index (χ4n) is 5.63. The number of hydrogen-bond donors (Lipinski definition) is 0. The molecule has 1 aliphatic carbocycles. The van der Waals surface area contributed by atoms with Crippen LogP contribution in [0.2, 0.25) is 0 Å². The Labute approximate surface area is 197 Å². The third kappa shape index (κ3) is 4.75. The van der Waals surface area contributed by atoms with Crippen molar-refractivity contribution in [2.75, 3.05) is 13.1 Å². The molecule has 3 heterocycles. The van der Waals surface area contributed by atoms with Crippen molar-refractivity contribution in [3.05, 3.63) is 40.7 Å². The molecule has 33 heavy (non-hydrogen) atoms. The van der Waals surface area contributed by atoms with Gasteiger partial charge in [0.15, 0.2) is 0 Å². The Morgan fingerprint density at radius 1 is 1.18 bits per heavy atom. The highest BCUT2D eigenvalue weighted by Crippen LogP contribution is 2.33. The van der Waals surface area contributed by atoms with E-state index >= 15 is 0 Å². The van der Waals surface area contributed by atoms with E-state index in [4.69, 9.17) is 0 Å². The largest absolute Gasteiger partial charge is 0.346 e. The molecule has 2 aromatic rings. The van der Waals surface area contributed by atoms with Gasteiger partial charge in [-0.1, -0.05) is 19.3 Å². The molecule has 0 N–H and O–H groups in total. The van der Waals surface area contributed by atoms with Gasteiger partial charge in [-0.05, 0) is 71.1 Å². The third-order valence-electron chi connectivity index (χ3n) is 7.34. The zero-order chi connectivity index (χ0) is 23.5. The fourth-order valence-corrected chi connectivity index (χ4v) is 5.63. The van der Waals surface area contributed by atoms with Crippen LogP contribution < -0.4 is 0 Å². The Balaban J connectivity index is 1.55. The van der Waals surface area contributed by atoms with Crippen LogP contribution in [0.3, 0.4) is 0 Å². The first-order valence-corrected chi connectivity index (χ1v) is 12.4. The molecule has 2 aromatic heterocycles. The molecular formula is C26H36N6O. The Morgan fingerprint density at radius 2 is 1.94 bits per heavy atom. The number of hydrogen-bond acceptors (Lipinski definition) is 4. The van der Waals surface area contributed by atoms with E-state index < -0.39 is 0 Å². The Morgan fingerprint density at radius 3 is 2.64 bits per heavy atom. The van der Waals surface area contributed by atoms with Gasteiger partial charge in [0.1, 0.15) is 23.8 Å². The first-order valence-electron chi connectivity index (χ1n) is 12.4. The smallest absolute Gasteiger partial charge is 0.264 e. The van der Waals surface area contributed by atoms with Crippen LogP contribution >= 0.6 is 0 Å². The Bertz CT molecular complexity index is 1060. The van der Waals surface area contributed by atoms with Crippen molar-refractivity contribution < 1.29 is 4.79 Å². The topological polar surface area (TPSA) is 79.7 Å². The predicted octanol–water partition coefficient (Wildman–Crippen LogP) is 5.10. The molecule has 1 amide bonds. The average molecular weight is 449 g/mol. The van der Waals surface area contributed by atoms with Crippen LogP contribution in [0.4, 0.5) is 0 Å². The van der Waals surface area contributed by atoms with E-state index in [-0.39, 0.29) is 23.4 Å². The monoisotopic (exact) mass is 448 g/mol. The lowest BCUT2D eigenvalue weighted by atomic mass is 9.95. The van der Waals surface area contributed by atoms with Gasteiger partial charge < -0.3 is 14.0 Å². The highest BCUT2D eigenvalue weighted by molar-refractivity contribution is 6.01. The summed E-state index contributed by atoms with van der Waals surface area (Å²) in [6.07, 6.45) is 11.7. The predicted molar refractivity (Wildman–Crippen MR) is 129 cm³/mol. The fraction of sp³-hybridized carbons (Fsp3) is 0.615. The minimum Gasteiger partial charge on any atom is -0.346 e. The van der Waals surface area contributed by atoms with Crippen LogP contribution in [-0.2, 0) is 4.79 Å². The van der Waals surface area contributed by atoms with E-state index in [1.165, 1.54) is 37.8 Å². The number of nitriles is 1. The van der Waals surface area contributed by atoms with Gasteiger partial charge in [-0.25, -0.2) is 0 Å². The summed E-state index contributed by atoms with van der Waals surface area (Å²) in [6.45, 7) is 9.71. The summed E-state index contributed by atoms with van der Waals surface area (Å²) in [7, 11) is 0. The number of amides is 1. The molecule has 176 valence electrons. The molecule has 1 saturated heterocycles. The van der Waals surface area contributed by atoms with Gasteiger partial charge >= 0.3 is 0 Å². The molecule has 0 radical (unpaired) electrons. The summed E-state index contributed by atoms with van der Waals surface area (Å²) in [5.41, 5.74) is 3.56. The van der Waals surface area contributed by atoms with Gasteiger partial charge in [-0.15, -0.1) is 10.2 Å². The van der Waals surface area contributed by atoms with Crippen molar-refractivity contribution >= 4 is 12.0 Å². The number of carbonyl (C=O) groups excluding carboxylic acids is 1. The van der Waals surface area contributed by atoms with Crippen LogP contribution in [0.5, 0.6) is 0 Å². The van der Waals surface area contributed by atoms with Crippen molar-refractivity contribution in [1.82, 2.24) is 24.2 Å². The molecule has 2 aliphatic rings. The van der Waals surface area contributed by atoms with Crippen molar-refractivity contribution in [3.63, 3.8) is 0 Å². The maximum Gasteiger partial charge on any atom is 0.264 e. The van der Waals surface area contributed by atoms with E-state index in [0.29, 0.717) is 19.1 Å². The molecule has 0 aromatic carbocycles. The molecule has 0 bridgehead atoms. The summed E-state index contributed by atoms with van der Waals surface area (Å²) in [4.78, 5) is 15.2. The second-order valence-corrected chi connectivity index (χ2v) is 9.94. The van der Waals surface area contributed by atoms with Crippen LogP contribution in [0.25, 0.3) is 6.08 Å². The maximum atomic E-state index is 13.4. The maximum absolute atomic E-state index is 13.4. The number of rotatable bonds is 5. The lowest BCUT2D eigenvalue weighted by Gasteiger charge is -2.32. The van der Waals surface area contributed by atoms with E-state index in [0.717, 1.165) is 29.9 Å². The number of likely N-dealkylation sites (tertiary alicyclic amines) is 1. The molecule has 4 rings (SSSR count). The van der Waals surface area contributed by atoms with Gasteiger partial charge in [-0.3, -0.25) is 4.79 Å². The molecule has 1 saturated carbocycles. The van der Waals surface area contributed by atoms with E-state index in [1.54, 1.807) is 12.4 Å². The highest BCUT2D eigenvalue weighted by Gasteiger charge is 2.30. The summed E-state index contributed by atoms with van der Waals surface area (Å²) in [5, 5.41) is 18.3. The minimum absolute atomic E-state index is 0.143. The minimum atomic E-state index is -0.180. The first-order chi connectivity index (χ1) is 15.9. The van der Waals surface area contributed by atoms with Gasteiger partial charge in [-0.2, -0.15) is 5.26 Å². The number of carbonyl (C=O) groups is 1. The average Bonchev–Trinajstić information content (AvgIpc) is 3.42. The van der Waals surface area contributed by atoms with Crippen LogP contribution in [0.15, 0.2) is 18.0 Å². The summed E-state index contributed by atoms with van der Waals surface area (Å²) < 4.78 is 4.50. The lowest BCUT2D eigenvalue weighted by Crippen LogP contribution is -2.40. The van der Waals surface area contributed by atoms with Crippen molar-refractivity contribution in [2.24, 2.45) is 0 Å². The molecule has 1 aliphatic heterocycles. The summed E-state index contributed by atoms with van der Waals surface area (Å²) in [5.74, 6) is 0.894. The Hall–Kier alpha value is -2.88. The zero-order valence-corrected chi connectivity index (χ0v) is 20.4. The van der Waals surface area contributed by atoms with Gasteiger partial charge in [0.25, 0.3) is 5.91 Å². The van der Waals surface area contributed by atoms with Crippen LogP contribution in [0.1, 0.15) is 99.6 Å². The molecule has 7 nitrogen and oxygen atoms in total. The number of aromatic nitrogens is 4. The van der Waals surface area contributed by atoms with E-state index in [9.17, 15) is 10.1 Å². The molecule has 1 unspecified atom stereocenters. The SMILES string of the molecule is Cc1cc(/C=C(\C#N)C(=O)N2CCCC(c3nncn3C(C)C)C2)c(C)n1C1CCCCC1. The van der Waals surface area contributed by atoms with Gasteiger partial charge in [0, 0.05) is 42.5 Å². The van der Waals surface area contributed by atoms with Gasteiger partial charge in [0.05, 0.1) is 0 Å². The summed E-state index contributed by atoms with van der Waals surface area (Å²) >= 11 is 0. The van der Waals surface area contributed by atoms with Crippen molar-refractivity contribution in [3.8, 4) is 6.07 Å². The third-order valence-corrected chi connectivity index (χ3v) is 7.34. The Kier molecular flexibility index (Phi) is 7.02. The number of aryl methyl sites for hydroxylation is 1. The second kappa shape index (κ2) is 9.94. The molecule has 1 atom stereocenters. The standard InChI is InChI=1S/C26H36N6O/c1-18(2)31-17-28-29-25(31)21-9-8-12-30(16-21)26(33)23(15-27)14-22-13-19(3)32(20(22)4)24-10-6-5-7-11-24/h13-14,17-18,21,24H,5-12,16H2,1-4H3/b23-14+. The molecule has 2 fully saturated rings. The second-order valence-electron chi connectivity index (χ2n) is 9.94. The quantitative estimate of drug-likeness (QED) is 0.471. The van der Waals surface area contributed by atoms with Crippen LogP contribution in [0, 0.1) is 25.2 Å². The lowest BCUT2D eigenvalue weighted by molar-refractivity contribution is -0.127. The van der Waals surface area contributed by atoms with Gasteiger partial charge in [0.2, 0.25) is 0 Å². The highest BCUT2D eigenvalue weighted by atomic mass is 16.2.